The fourth-order valence-corrected chi connectivity index (χ4v) is 4.19. The first-order chi connectivity index (χ1) is 15.6. The van der Waals surface area contributed by atoms with E-state index in [2.05, 4.69) is 16.8 Å². The minimum Gasteiger partial charge on any atom is -0.485 e. The molecule has 32 heavy (non-hydrogen) atoms. The number of ether oxygens (including phenoxy) is 2. The van der Waals surface area contributed by atoms with Crippen LogP contribution >= 0.6 is 11.8 Å². The Balaban J connectivity index is 1.43. The fourth-order valence-electron chi connectivity index (χ4n) is 3.30. The topological polar surface area (TPSA) is 69.5 Å². The fraction of sp³-hybridized carbons (Fsp3) is 0.261. The molecule has 1 aromatic heterocycles. The maximum Gasteiger partial charge on any atom is 0.233 e. The van der Waals surface area contributed by atoms with Gasteiger partial charge in [0, 0.05) is 25.7 Å². The highest BCUT2D eigenvalue weighted by Crippen LogP contribution is 2.36. The number of rotatable bonds is 8. The first kappa shape index (κ1) is 21.9. The van der Waals surface area contributed by atoms with Crippen molar-refractivity contribution in [3.63, 3.8) is 0 Å². The highest BCUT2D eigenvalue weighted by atomic mass is 32.2. The number of carbonyl (C=O) groups excluding carboxylic acids is 1. The molecule has 3 aromatic rings. The molecule has 0 radical (unpaired) electrons. The summed E-state index contributed by atoms with van der Waals surface area (Å²) in [6.45, 7) is 4.78. The van der Waals surface area contributed by atoms with Gasteiger partial charge in [0.05, 0.1) is 5.75 Å². The predicted molar refractivity (Wildman–Crippen MR) is 119 cm³/mol. The molecular formula is C23H23FN4O3S. The first-order valence-electron chi connectivity index (χ1n) is 10.1. The summed E-state index contributed by atoms with van der Waals surface area (Å²) in [6, 6.07) is 13.9. The van der Waals surface area contributed by atoms with E-state index in [9.17, 15) is 9.18 Å². The molecule has 2 aromatic carbocycles. The van der Waals surface area contributed by atoms with Crippen molar-refractivity contribution in [3.05, 3.63) is 78.4 Å². The van der Waals surface area contributed by atoms with Gasteiger partial charge in [-0.05, 0) is 18.2 Å². The summed E-state index contributed by atoms with van der Waals surface area (Å²) in [5, 5.41) is 9.13. The molecule has 1 aliphatic heterocycles. The summed E-state index contributed by atoms with van der Waals surface area (Å²) in [4.78, 5) is 14.1. The highest BCUT2D eigenvalue weighted by Gasteiger charge is 2.28. The van der Waals surface area contributed by atoms with Crippen LogP contribution in [0.5, 0.6) is 11.5 Å². The number of aromatic nitrogens is 3. The van der Waals surface area contributed by atoms with Crippen LogP contribution < -0.4 is 9.47 Å². The van der Waals surface area contributed by atoms with Crippen LogP contribution in [0.25, 0.3) is 0 Å². The second-order valence-corrected chi connectivity index (χ2v) is 8.18. The molecule has 0 fully saturated rings. The van der Waals surface area contributed by atoms with Gasteiger partial charge in [-0.15, -0.1) is 16.8 Å². The van der Waals surface area contributed by atoms with Gasteiger partial charge in [0.15, 0.2) is 28.6 Å². The number of allylic oxidation sites excluding steroid dienone is 1. The molecule has 7 nitrogen and oxygen atoms in total. The number of para-hydroxylation sites is 2. The SMILES string of the molecule is C=CCn1c(SCC(=O)N(C)Cc2ccccc2F)nnc1[C@@H]1COc2ccccc2O1. The lowest BCUT2D eigenvalue weighted by atomic mass is 10.2. The molecule has 166 valence electrons. The van der Waals surface area contributed by atoms with E-state index < -0.39 is 6.10 Å². The minimum atomic E-state index is -0.425. The lowest BCUT2D eigenvalue weighted by molar-refractivity contribution is -0.127. The number of nitrogens with zero attached hydrogens (tertiary/aromatic N) is 4. The van der Waals surface area contributed by atoms with E-state index in [1.54, 1.807) is 31.3 Å². The van der Waals surface area contributed by atoms with Gasteiger partial charge in [-0.25, -0.2) is 4.39 Å². The third-order valence-corrected chi connectivity index (χ3v) is 5.92. The lowest BCUT2D eigenvalue weighted by Crippen LogP contribution is -2.28. The van der Waals surface area contributed by atoms with Crippen molar-refractivity contribution in [2.75, 3.05) is 19.4 Å². The summed E-state index contributed by atoms with van der Waals surface area (Å²) in [5.74, 6) is 1.62. The van der Waals surface area contributed by atoms with Gasteiger partial charge in [0.2, 0.25) is 5.91 Å². The van der Waals surface area contributed by atoms with Crippen molar-refractivity contribution < 1.29 is 18.7 Å². The van der Waals surface area contributed by atoms with Crippen molar-refractivity contribution in [1.82, 2.24) is 19.7 Å². The van der Waals surface area contributed by atoms with Crippen LogP contribution in [-0.2, 0) is 17.9 Å². The lowest BCUT2D eigenvalue weighted by Gasteiger charge is -2.26. The predicted octanol–water partition coefficient (Wildman–Crippen LogP) is 3.87. The van der Waals surface area contributed by atoms with Crippen LogP contribution in [0.4, 0.5) is 4.39 Å². The van der Waals surface area contributed by atoms with Gasteiger partial charge < -0.3 is 14.4 Å². The van der Waals surface area contributed by atoms with Crippen LogP contribution in [0.1, 0.15) is 17.5 Å². The number of hydrogen-bond donors (Lipinski definition) is 0. The molecule has 2 heterocycles. The Kier molecular flexibility index (Phi) is 6.75. The molecule has 1 atom stereocenters. The molecule has 0 aliphatic carbocycles. The number of benzene rings is 2. The van der Waals surface area contributed by atoms with Crippen LogP contribution in [0.2, 0.25) is 0 Å². The van der Waals surface area contributed by atoms with Gasteiger partial charge in [0.25, 0.3) is 0 Å². The Labute approximate surface area is 189 Å². The maximum atomic E-state index is 13.9. The van der Waals surface area contributed by atoms with Crippen molar-refractivity contribution in [3.8, 4) is 11.5 Å². The van der Waals surface area contributed by atoms with Crippen molar-refractivity contribution >= 4 is 17.7 Å². The van der Waals surface area contributed by atoms with E-state index in [0.29, 0.717) is 41.2 Å². The zero-order chi connectivity index (χ0) is 22.5. The molecule has 0 unspecified atom stereocenters. The smallest absolute Gasteiger partial charge is 0.233 e. The first-order valence-corrected chi connectivity index (χ1v) is 11.1. The monoisotopic (exact) mass is 454 g/mol. The van der Waals surface area contributed by atoms with Crippen molar-refractivity contribution in [2.24, 2.45) is 0 Å². The van der Waals surface area contributed by atoms with Crippen LogP contribution in [0.3, 0.4) is 0 Å². The van der Waals surface area contributed by atoms with Crippen molar-refractivity contribution in [2.45, 2.75) is 24.3 Å². The minimum absolute atomic E-state index is 0.140. The second kappa shape index (κ2) is 9.86. The number of hydrogen-bond acceptors (Lipinski definition) is 6. The summed E-state index contributed by atoms with van der Waals surface area (Å²) in [7, 11) is 1.65. The Morgan fingerprint density at radius 2 is 2.00 bits per heavy atom. The molecule has 9 heteroatoms. The van der Waals surface area contributed by atoms with E-state index >= 15 is 0 Å². The molecule has 1 amide bonds. The Morgan fingerprint density at radius 3 is 2.78 bits per heavy atom. The maximum absolute atomic E-state index is 13.9. The van der Waals surface area contributed by atoms with Gasteiger partial charge in [-0.1, -0.05) is 48.2 Å². The number of amides is 1. The summed E-state index contributed by atoms with van der Waals surface area (Å²) >= 11 is 1.27. The van der Waals surface area contributed by atoms with Gasteiger partial charge in [-0.3, -0.25) is 9.36 Å². The van der Waals surface area contributed by atoms with Gasteiger partial charge >= 0.3 is 0 Å². The van der Waals surface area contributed by atoms with Crippen molar-refractivity contribution in [1.29, 1.82) is 0 Å². The van der Waals surface area contributed by atoms with E-state index in [4.69, 9.17) is 9.47 Å². The standard InChI is InChI=1S/C23H23FN4O3S/c1-3-12-28-22(20-14-30-18-10-6-7-11-19(18)31-20)25-26-23(28)32-15-21(29)27(2)13-16-8-4-5-9-17(16)24/h3-11,20H,1,12-15H2,2H3/t20-/m0/s1. The average Bonchev–Trinajstić information content (AvgIpc) is 3.21. The largest absolute Gasteiger partial charge is 0.485 e. The third kappa shape index (κ3) is 4.77. The summed E-state index contributed by atoms with van der Waals surface area (Å²) in [6.07, 6.45) is 1.31. The van der Waals surface area contributed by atoms with Gasteiger partial charge in [-0.2, -0.15) is 0 Å². The molecule has 1 aliphatic rings. The second-order valence-electron chi connectivity index (χ2n) is 7.23. The summed E-state index contributed by atoms with van der Waals surface area (Å²) in [5.41, 5.74) is 0.472. The Morgan fingerprint density at radius 1 is 1.25 bits per heavy atom. The van der Waals surface area contributed by atoms with E-state index in [-0.39, 0.29) is 24.0 Å². The molecule has 0 saturated heterocycles. The van der Waals surface area contributed by atoms with E-state index in [0.717, 1.165) is 0 Å². The molecule has 0 spiro atoms. The Bertz CT molecular complexity index is 1120. The van der Waals surface area contributed by atoms with Crippen LogP contribution in [0.15, 0.2) is 66.3 Å². The number of halogens is 1. The zero-order valence-corrected chi connectivity index (χ0v) is 18.4. The van der Waals surface area contributed by atoms with Crippen LogP contribution in [-0.4, -0.2) is 45.0 Å². The van der Waals surface area contributed by atoms with Crippen LogP contribution in [0, 0.1) is 5.82 Å². The van der Waals surface area contributed by atoms with E-state index in [1.165, 1.54) is 22.7 Å². The molecule has 0 saturated carbocycles. The number of fused-ring (bicyclic) bond motifs is 1. The average molecular weight is 455 g/mol. The molecular weight excluding hydrogens is 431 g/mol. The number of thioether (sulfide) groups is 1. The van der Waals surface area contributed by atoms with Gasteiger partial charge in [0.1, 0.15) is 12.4 Å². The zero-order valence-electron chi connectivity index (χ0n) is 17.6. The summed E-state index contributed by atoms with van der Waals surface area (Å²) < 4.78 is 27.6. The highest BCUT2D eigenvalue weighted by molar-refractivity contribution is 7.99. The number of carbonyl (C=O) groups is 1. The Hall–Kier alpha value is -3.33. The van der Waals surface area contributed by atoms with E-state index in [1.807, 2.05) is 28.8 Å². The normalized spacial score (nSPS) is 14.8. The third-order valence-electron chi connectivity index (χ3n) is 4.97. The molecule has 4 rings (SSSR count). The molecule has 0 N–H and O–H groups in total. The quantitative estimate of drug-likeness (QED) is 0.380. The molecule has 0 bridgehead atoms.